The van der Waals surface area contributed by atoms with Crippen molar-refractivity contribution in [2.24, 2.45) is 0 Å². The Kier molecular flexibility index (Phi) is 4.85. The second kappa shape index (κ2) is 6.92. The average Bonchev–Trinajstić information content (AvgIpc) is 2.90. The summed E-state index contributed by atoms with van der Waals surface area (Å²) in [5, 5.41) is 10.1. The summed E-state index contributed by atoms with van der Waals surface area (Å²) in [7, 11) is 0. The highest BCUT2D eigenvalue weighted by Gasteiger charge is 2.45. The summed E-state index contributed by atoms with van der Waals surface area (Å²) in [6.45, 7) is 6.88. The summed E-state index contributed by atoms with van der Waals surface area (Å²) in [6, 6.07) is 9.54. The summed E-state index contributed by atoms with van der Waals surface area (Å²) in [5.74, 6) is -0.551. The van der Waals surface area contributed by atoms with Crippen LogP contribution >= 0.6 is 11.8 Å². The number of nitrogens with one attached hydrogen (secondary N) is 2. The zero-order valence-electron chi connectivity index (χ0n) is 14.6. The molecule has 1 atom stereocenters. The molecule has 7 heteroatoms. The smallest absolute Gasteiger partial charge is 0.250 e. The van der Waals surface area contributed by atoms with Gasteiger partial charge < -0.3 is 10.6 Å². The number of rotatable bonds is 5. The average molecular weight is 358 g/mol. The standard InChI is InChI=1S/C18H22N4O2S/c1-12-11-13(2)22(21-12)10-6-9-19-16(23)18(3)17(24)20-14-7-4-5-8-15(14)25-18/h4-5,7-8,11H,6,9-10H2,1-3H3,(H,19,23)(H,20,24). The highest BCUT2D eigenvalue weighted by atomic mass is 32.2. The molecule has 0 radical (unpaired) electrons. The predicted molar refractivity (Wildman–Crippen MR) is 98.7 cm³/mol. The van der Waals surface area contributed by atoms with Gasteiger partial charge >= 0.3 is 0 Å². The Labute approximate surface area is 151 Å². The number of aromatic nitrogens is 2. The van der Waals surface area contributed by atoms with Crippen LogP contribution in [0.2, 0.25) is 0 Å². The molecule has 1 aromatic heterocycles. The number of carbonyl (C=O) groups excluding carboxylic acids is 2. The molecule has 25 heavy (non-hydrogen) atoms. The largest absolute Gasteiger partial charge is 0.354 e. The zero-order chi connectivity index (χ0) is 18.0. The van der Waals surface area contributed by atoms with Gasteiger partial charge in [0.1, 0.15) is 0 Å². The summed E-state index contributed by atoms with van der Waals surface area (Å²) in [6.07, 6.45) is 0.757. The maximum absolute atomic E-state index is 12.6. The number of carbonyl (C=O) groups is 2. The number of thioether (sulfide) groups is 1. The Bertz CT molecular complexity index is 817. The van der Waals surface area contributed by atoms with Gasteiger partial charge in [-0.1, -0.05) is 23.9 Å². The number of anilines is 1. The van der Waals surface area contributed by atoms with Crippen LogP contribution in [-0.4, -0.2) is 32.9 Å². The van der Waals surface area contributed by atoms with Gasteiger partial charge in [-0.2, -0.15) is 5.10 Å². The van der Waals surface area contributed by atoms with Crippen molar-refractivity contribution in [2.75, 3.05) is 11.9 Å². The normalized spacial score (nSPS) is 19.2. The minimum Gasteiger partial charge on any atom is -0.354 e. The fraction of sp³-hybridized carbons (Fsp3) is 0.389. The van der Waals surface area contributed by atoms with Crippen LogP contribution in [0, 0.1) is 13.8 Å². The van der Waals surface area contributed by atoms with Crippen LogP contribution in [0.1, 0.15) is 24.7 Å². The highest BCUT2D eigenvalue weighted by molar-refractivity contribution is 8.02. The second-order valence-electron chi connectivity index (χ2n) is 6.35. The van der Waals surface area contributed by atoms with Gasteiger partial charge in [0.25, 0.3) is 0 Å². The lowest BCUT2D eigenvalue weighted by molar-refractivity contribution is -0.129. The van der Waals surface area contributed by atoms with Crippen molar-refractivity contribution in [1.29, 1.82) is 0 Å². The third kappa shape index (κ3) is 3.56. The number of amides is 2. The SMILES string of the molecule is Cc1cc(C)n(CCCNC(=O)C2(C)Sc3ccccc3NC2=O)n1. The van der Waals surface area contributed by atoms with Crippen molar-refractivity contribution in [3.8, 4) is 0 Å². The van der Waals surface area contributed by atoms with E-state index in [4.69, 9.17) is 0 Å². The first-order valence-electron chi connectivity index (χ1n) is 8.29. The third-order valence-electron chi connectivity index (χ3n) is 4.25. The Morgan fingerprint density at radius 2 is 2.12 bits per heavy atom. The molecule has 0 saturated heterocycles. The number of hydrogen-bond donors (Lipinski definition) is 2. The number of para-hydroxylation sites is 1. The van der Waals surface area contributed by atoms with E-state index >= 15 is 0 Å². The molecule has 2 amide bonds. The summed E-state index contributed by atoms with van der Waals surface area (Å²) in [4.78, 5) is 25.9. The van der Waals surface area contributed by atoms with Crippen LogP contribution in [0.4, 0.5) is 5.69 Å². The highest BCUT2D eigenvalue weighted by Crippen LogP contribution is 2.42. The molecule has 2 aromatic rings. The maximum Gasteiger partial charge on any atom is 0.250 e. The Balaban J connectivity index is 1.57. The van der Waals surface area contributed by atoms with E-state index in [1.54, 1.807) is 6.92 Å². The van der Waals surface area contributed by atoms with E-state index in [0.29, 0.717) is 6.54 Å². The van der Waals surface area contributed by atoms with Gasteiger partial charge in [-0.3, -0.25) is 14.3 Å². The first-order valence-corrected chi connectivity index (χ1v) is 9.10. The van der Waals surface area contributed by atoms with E-state index in [1.165, 1.54) is 11.8 Å². The number of aryl methyl sites for hydroxylation is 3. The quantitative estimate of drug-likeness (QED) is 0.636. The van der Waals surface area contributed by atoms with Crippen LogP contribution in [0.5, 0.6) is 0 Å². The molecule has 0 saturated carbocycles. The lowest BCUT2D eigenvalue weighted by atomic mass is 10.1. The fourth-order valence-electron chi connectivity index (χ4n) is 2.82. The molecule has 0 fully saturated rings. The molecule has 0 aliphatic carbocycles. The molecular formula is C18H22N4O2S. The molecule has 2 N–H and O–H groups in total. The van der Waals surface area contributed by atoms with Crippen molar-refractivity contribution in [3.05, 3.63) is 41.7 Å². The zero-order valence-corrected chi connectivity index (χ0v) is 15.4. The Morgan fingerprint density at radius 1 is 1.36 bits per heavy atom. The monoisotopic (exact) mass is 358 g/mol. The number of nitrogens with zero attached hydrogens (tertiary/aromatic N) is 2. The van der Waals surface area contributed by atoms with Crippen molar-refractivity contribution < 1.29 is 9.59 Å². The van der Waals surface area contributed by atoms with Crippen LogP contribution in [0.25, 0.3) is 0 Å². The van der Waals surface area contributed by atoms with Gasteiger partial charge in [-0.05, 0) is 45.4 Å². The Hall–Kier alpha value is -2.28. The first kappa shape index (κ1) is 17.5. The molecule has 1 unspecified atom stereocenters. The van der Waals surface area contributed by atoms with E-state index in [1.807, 2.05) is 48.9 Å². The van der Waals surface area contributed by atoms with Gasteiger partial charge in [0, 0.05) is 23.7 Å². The van der Waals surface area contributed by atoms with Crippen molar-refractivity contribution >= 4 is 29.3 Å². The topological polar surface area (TPSA) is 76.0 Å². The molecular weight excluding hydrogens is 336 g/mol. The molecule has 1 aromatic carbocycles. The summed E-state index contributed by atoms with van der Waals surface area (Å²) >= 11 is 1.29. The molecule has 6 nitrogen and oxygen atoms in total. The van der Waals surface area contributed by atoms with Crippen molar-refractivity contribution in [3.63, 3.8) is 0 Å². The van der Waals surface area contributed by atoms with Crippen LogP contribution in [0.15, 0.2) is 35.2 Å². The summed E-state index contributed by atoms with van der Waals surface area (Å²) < 4.78 is 0.772. The minimum absolute atomic E-state index is 0.266. The lowest BCUT2D eigenvalue weighted by Crippen LogP contribution is -2.52. The van der Waals surface area contributed by atoms with Crippen molar-refractivity contribution in [2.45, 2.75) is 43.4 Å². The van der Waals surface area contributed by atoms with Gasteiger partial charge in [-0.15, -0.1) is 0 Å². The third-order valence-corrected chi connectivity index (χ3v) is 5.61. The number of benzene rings is 1. The van der Waals surface area contributed by atoms with E-state index in [9.17, 15) is 9.59 Å². The van der Waals surface area contributed by atoms with Gasteiger partial charge in [0.15, 0.2) is 4.75 Å². The molecule has 0 bridgehead atoms. The van der Waals surface area contributed by atoms with E-state index in [-0.39, 0.29) is 11.8 Å². The van der Waals surface area contributed by atoms with Crippen LogP contribution in [-0.2, 0) is 16.1 Å². The molecule has 1 aliphatic heterocycles. The summed E-state index contributed by atoms with van der Waals surface area (Å²) in [5.41, 5.74) is 2.85. The van der Waals surface area contributed by atoms with Gasteiger partial charge in [0.2, 0.25) is 11.8 Å². The molecule has 0 spiro atoms. The van der Waals surface area contributed by atoms with E-state index in [2.05, 4.69) is 15.7 Å². The molecule has 1 aliphatic rings. The maximum atomic E-state index is 12.6. The van der Waals surface area contributed by atoms with Crippen LogP contribution < -0.4 is 10.6 Å². The van der Waals surface area contributed by atoms with Gasteiger partial charge in [0.05, 0.1) is 11.4 Å². The lowest BCUT2D eigenvalue weighted by Gasteiger charge is -2.31. The minimum atomic E-state index is -1.16. The van der Waals surface area contributed by atoms with E-state index in [0.717, 1.165) is 34.9 Å². The Morgan fingerprint density at radius 3 is 2.84 bits per heavy atom. The molecule has 132 valence electrons. The van der Waals surface area contributed by atoms with Crippen molar-refractivity contribution in [1.82, 2.24) is 15.1 Å². The fourth-order valence-corrected chi connectivity index (χ4v) is 3.94. The molecule has 2 heterocycles. The van der Waals surface area contributed by atoms with E-state index < -0.39 is 4.75 Å². The predicted octanol–water partition coefficient (Wildman–Crippen LogP) is 2.51. The first-order chi connectivity index (χ1) is 11.9. The second-order valence-corrected chi connectivity index (χ2v) is 7.81. The number of fused-ring (bicyclic) bond motifs is 1. The van der Waals surface area contributed by atoms with Crippen LogP contribution in [0.3, 0.4) is 0 Å². The van der Waals surface area contributed by atoms with Gasteiger partial charge in [-0.25, -0.2) is 0 Å². The molecule has 3 rings (SSSR count). The number of hydrogen-bond acceptors (Lipinski definition) is 4.